The van der Waals surface area contributed by atoms with Gasteiger partial charge in [-0.3, -0.25) is 4.79 Å². The first-order chi connectivity index (χ1) is 9.79. The van der Waals surface area contributed by atoms with E-state index < -0.39 is 0 Å². The summed E-state index contributed by atoms with van der Waals surface area (Å²) in [7, 11) is 0. The lowest BCUT2D eigenvalue weighted by Gasteiger charge is -2.42. The van der Waals surface area contributed by atoms with Crippen molar-refractivity contribution in [1.29, 1.82) is 0 Å². The second kappa shape index (κ2) is 7.42. The van der Waals surface area contributed by atoms with E-state index in [1.807, 2.05) is 18.7 Å². The Balaban J connectivity index is 0.00000242. The molecular formula is C15H27ClN4O2. The number of piperidine rings is 1. The molecule has 126 valence electrons. The summed E-state index contributed by atoms with van der Waals surface area (Å²) >= 11 is 0. The second-order valence-corrected chi connectivity index (χ2v) is 6.90. The summed E-state index contributed by atoms with van der Waals surface area (Å²) in [6.07, 6.45) is 1.77. The largest absolute Gasteiger partial charge is 0.342 e. The fourth-order valence-corrected chi connectivity index (χ4v) is 2.56. The van der Waals surface area contributed by atoms with E-state index in [9.17, 15) is 4.79 Å². The van der Waals surface area contributed by atoms with E-state index in [0.29, 0.717) is 31.1 Å². The third-order valence-corrected chi connectivity index (χ3v) is 4.22. The smallest absolute Gasteiger partial charge is 0.227 e. The van der Waals surface area contributed by atoms with Gasteiger partial charge in [-0.1, -0.05) is 32.9 Å². The van der Waals surface area contributed by atoms with Crippen molar-refractivity contribution in [3.05, 3.63) is 11.7 Å². The Hall–Kier alpha value is -1.14. The lowest BCUT2D eigenvalue weighted by molar-refractivity contribution is -0.134. The minimum atomic E-state index is -0.0246. The zero-order chi connectivity index (χ0) is 15.6. The molecule has 2 heterocycles. The number of rotatable bonds is 4. The summed E-state index contributed by atoms with van der Waals surface area (Å²) < 4.78 is 5.17. The van der Waals surface area contributed by atoms with Gasteiger partial charge in [-0.05, 0) is 11.8 Å². The molecule has 0 radical (unpaired) electrons. The number of nitrogens with two attached hydrogens (primary N) is 1. The highest BCUT2D eigenvalue weighted by Crippen LogP contribution is 2.28. The Labute approximate surface area is 138 Å². The molecule has 1 unspecified atom stereocenters. The molecule has 0 bridgehead atoms. The van der Waals surface area contributed by atoms with Crippen LogP contribution in [0.5, 0.6) is 0 Å². The molecule has 0 saturated carbocycles. The summed E-state index contributed by atoms with van der Waals surface area (Å²) in [5, 5.41) is 3.91. The van der Waals surface area contributed by atoms with Crippen LogP contribution in [-0.2, 0) is 11.2 Å². The Bertz CT molecular complexity index is 501. The predicted octanol–water partition coefficient (Wildman–Crippen LogP) is 2.13. The van der Waals surface area contributed by atoms with E-state index in [1.54, 1.807) is 0 Å². The van der Waals surface area contributed by atoms with Crippen LogP contribution in [0.1, 0.15) is 58.2 Å². The maximum Gasteiger partial charge on any atom is 0.227 e. The molecule has 1 saturated heterocycles. The molecule has 1 aliphatic heterocycles. The van der Waals surface area contributed by atoms with Crippen LogP contribution in [0.2, 0.25) is 0 Å². The van der Waals surface area contributed by atoms with Gasteiger partial charge in [0.2, 0.25) is 11.8 Å². The van der Waals surface area contributed by atoms with Crippen LogP contribution in [0.3, 0.4) is 0 Å². The standard InChI is InChI=1S/C15H26N4O2.ClH/c1-10(2)14-17-12(21-18-14)5-6-13(20)19-8-7-11(16)15(3,4)9-19;/h10-11H,5-9,16H2,1-4H3;1H. The minimum Gasteiger partial charge on any atom is -0.342 e. The summed E-state index contributed by atoms with van der Waals surface area (Å²) in [5.41, 5.74) is 6.08. The van der Waals surface area contributed by atoms with Crippen molar-refractivity contribution >= 4 is 18.3 Å². The monoisotopic (exact) mass is 330 g/mol. The number of hydrogen-bond acceptors (Lipinski definition) is 5. The van der Waals surface area contributed by atoms with Crippen molar-refractivity contribution in [2.45, 2.75) is 58.9 Å². The third kappa shape index (κ3) is 4.43. The molecule has 0 aromatic carbocycles. The van der Waals surface area contributed by atoms with Crippen molar-refractivity contribution in [2.24, 2.45) is 11.1 Å². The van der Waals surface area contributed by atoms with Crippen molar-refractivity contribution < 1.29 is 9.32 Å². The first kappa shape index (κ1) is 18.9. The van der Waals surface area contributed by atoms with E-state index in [2.05, 4.69) is 24.0 Å². The molecule has 2 rings (SSSR count). The summed E-state index contributed by atoms with van der Waals surface area (Å²) in [4.78, 5) is 18.5. The van der Waals surface area contributed by atoms with Gasteiger partial charge in [0.25, 0.3) is 0 Å². The number of likely N-dealkylation sites (tertiary alicyclic amines) is 1. The first-order valence-electron chi connectivity index (χ1n) is 7.65. The van der Waals surface area contributed by atoms with Gasteiger partial charge in [0.15, 0.2) is 5.82 Å². The Morgan fingerprint density at radius 2 is 2.18 bits per heavy atom. The molecule has 1 amide bonds. The van der Waals surface area contributed by atoms with Gasteiger partial charge in [0.05, 0.1) is 0 Å². The first-order valence-corrected chi connectivity index (χ1v) is 7.65. The van der Waals surface area contributed by atoms with Gasteiger partial charge in [0.1, 0.15) is 0 Å². The molecule has 0 aliphatic carbocycles. The van der Waals surface area contributed by atoms with Crippen LogP contribution in [0.15, 0.2) is 4.52 Å². The topological polar surface area (TPSA) is 85.2 Å². The number of hydrogen-bond donors (Lipinski definition) is 1. The third-order valence-electron chi connectivity index (χ3n) is 4.22. The van der Waals surface area contributed by atoms with Crippen LogP contribution in [0.4, 0.5) is 0 Å². The number of carbonyl (C=O) groups is 1. The minimum absolute atomic E-state index is 0. The zero-order valence-corrected chi connectivity index (χ0v) is 14.7. The molecule has 2 N–H and O–H groups in total. The lowest BCUT2D eigenvalue weighted by Crippen LogP contribution is -2.54. The van der Waals surface area contributed by atoms with Crippen molar-refractivity contribution in [3.8, 4) is 0 Å². The normalized spacial score (nSPS) is 20.8. The molecule has 1 aromatic rings. The molecule has 1 aromatic heterocycles. The van der Waals surface area contributed by atoms with Crippen molar-refractivity contribution in [3.63, 3.8) is 0 Å². The highest BCUT2D eigenvalue weighted by Gasteiger charge is 2.35. The highest BCUT2D eigenvalue weighted by atomic mass is 35.5. The fraction of sp³-hybridized carbons (Fsp3) is 0.800. The fourth-order valence-electron chi connectivity index (χ4n) is 2.56. The van der Waals surface area contributed by atoms with E-state index >= 15 is 0 Å². The lowest BCUT2D eigenvalue weighted by atomic mass is 9.79. The van der Waals surface area contributed by atoms with Gasteiger partial charge in [0, 0.05) is 37.9 Å². The van der Waals surface area contributed by atoms with Crippen molar-refractivity contribution in [2.75, 3.05) is 13.1 Å². The van der Waals surface area contributed by atoms with Gasteiger partial charge in [-0.25, -0.2) is 0 Å². The molecule has 6 nitrogen and oxygen atoms in total. The molecule has 1 atom stereocenters. The highest BCUT2D eigenvalue weighted by molar-refractivity contribution is 5.85. The maximum absolute atomic E-state index is 12.3. The van der Waals surface area contributed by atoms with Crippen LogP contribution in [0.25, 0.3) is 0 Å². The van der Waals surface area contributed by atoms with Crippen LogP contribution < -0.4 is 5.73 Å². The van der Waals surface area contributed by atoms with Crippen LogP contribution >= 0.6 is 12.4 Å². The van der Waals surface area contributed by atoms with Gasteiger partial charge < -0.3 is 15.2 Å². The number of halogens is 1. The predicted molar refractivity (Wildman–Crippen MR) is 86.9 cm³/mol. The summed E-state index contributed by atoms with van der Waals surface area (Å²) in [6, 6.07) is 0.158. The molecule has 1 aliphatic rings. The van der Waals surface area contributed by atoms with Gasteiger partial charge in [-0.15, -0.1) is 12.4 Å². The molecule has 0 spiro atoms. The average molecular weight is 331 g/mol. The quantitative estimate of drug-likeness (QED) is 0.914. The molecular weight excluding hydrogens is 304 g/mol. The van der Waals surface area contributed by atoms with E-state index in [-0.39, 0.29) is 35.7 Å². The zero-order valence-electron chi connectivity index (χ0n) is 13.8. The van der Waals surface area contributed by atoms with Gasteiger partial charge >= 0.3 is 0 Å². The second-order valence-electron chi connectivity index (χ2n) is 6.90. The number of amides is 1. The van der Waals surface area contributed by atoms with Gasteiger partial charge in [-0.2, -0.15) is 4.98 Å². The van der Waals surface area contributed by atoms with E-state index in [4.69, 9.17) is 10.3 Å². The SMILES string of the molecule is CC(C)c1noc(CCC(=O)N2CCC(N)C(C)(C)C2)n1.Cl. The van der Waals surface area contributed by atoms with Crippen LogP contribution in [0, 0.1) is 5.41 Å². The number of nitrogens with zero attached hydrogens (tertiary/aromatic N) is 3. The van der Waals surface area contributed by atoms with E-state index in [0.717, 1.165) is 13.0 Å². The number of carbonyl (C=O) groups excluding carboxylic acids is 1. The Kier molecular flexibility index (Phi) is 6.38. The summed E-state index contributed by atoms with van der Waals surface area (Å²) in [5.74, 6) is 1.62. The average Bonchev–Trinajstić information content (AvgIpc) is 2.88. The maximum atomic E-state index is 12.3. The Morgan fingerprint density at radius 1 is 1.50 bits per heavy atom. The molecule has 22 heavy (non-hydrogen) atoms. The Morgan fingerprint density at radius 3 is 2.73 bits per heavy atom. The molecule has 1 fully saturated rings. The van der Waals surface area contributed by atoms with Crippen molar-refractivity contribution in [1.82, 2.24) is 15.0 Å². The number of aromatic nitrogens is 2. The number of aryl methyl sites for hydroxylation is 1. The molecule has 7 heteroatoms. The van der Waals surface area contributed by atoms with Crippen LogP contribution in [-0.4, -0.2) is 40.1 Å². The van der Waals surface area contributed by atoms with E-state index in [1.165, 1.54) is 0 Å². The summed E-state index contributed by atoms with van der Waals surface area (Å²) in [6.45, 7) is 9.71.